The van der Waals surface area contributed by atoms with E-state index in [2.05, 4.69) is 23.6 Å². The van der Waals surface area contributed by atoms with Gasteiger partial charge in [-0.25, -0.2) is 0 Å². The van der Waals surface area contributed by atoms with Crippen molar-refractivity contribution in [2.75, 3.05) is 6.54 Å². The largest absolute Gasteiger partial charge is 0.331 e. The highest BCUT2D eigenvalue weighted by Crippen LogP contribution is 2.38. The second kappa shape index (κ2) is 7.89. The number of fused-ring (bicyclic) bond motifs is 1. The van der Waals surface area contributed by atoms with Gasteiger partial charge < -0.3 is 4.90 Å². The Bertz CT molecular complexity index is 933. The molecule has 3 aromatic rings. The normalized spacial score (nSPS) is 16.0. The number of ketones is 1. The molecule has 1 aliphatic heterocycles. The summed E-state index contributed by atoms with van der Waals surface area (Å²) < 4.78 is 0. The Balaban J connectivity index is 1.53. The summed E-state index contributed by atoms with van der Waals surface area (Å²) in [6.07, 6.45) is 1.38. The molecular weight excluding hydrogens is 354 g/mol. The van der Waals surface area contributed by atoms with E-state index in [4.69, 9.17) is 0 Å². The third kappa shape index (κ3) is 3.71. The van der Waals surface area contributed by atoms with E-state index in [9.17, 15) is 9.59 Å². The van der Waals surface area contributed by atoms with Crippen LogP contribution in [0.5, 0.6) is 0 Å². The van der Waals surface area contributed by atoms with E-state index in [1.807, 2.05) is 41.3 Å². The molecule has 3 nitrogen and oxygen atoms in total. The quantitative estimate of drug-likeness (QED) is 0.596. The predicted octanol–water partition coefficient (Wildman–Crippen LogP) is 4.89. The number of carbonyl (C=O) groups is 2. The molecule has 4 heteroatoms. The van der Waals surface area contributed by atoms with Gasteiger partial charge in [-0.05, 0) is 29.0 Å². The zero-order valence-corrected chi connectivity index (χ0v) is 15.8. The van der Waals surface area contributed by atoms with Gasteiger partial charge in [-0.3, -0.25) is 9.59 Å². The van der Waals surface area contributed by atoms with Gasteiger partial charge in [-0.2, -0.15) is 0 Å². The fourth-order valence-corrected chi connectivity index (χ4v) is 4.62. The number of carbonyl (C=O) groups excluding carboxylic acids is 2. The van der Waals surface area contributed by atoms with Crippen LogP contribution in [-0.4, -0.2) is 23.1 Å². The third-order valence-electron chi connectivity index (χ3n) is 5.06. The highest BCUT2D eigenvalue weighted by Gasteiger charge is 2.32. The van der Waals surface area contributed by atoms with Gasteiger partial charge in [0.1, 0.15) is 0 Å². The number of Topliss-reactive ketones (excluding diaryl/α,β-unsaturated/α-hetero) is 1. The van der Waals surface area contributed by atoms with Crippen LogP contribution in [0.25, 0.3) is 0 Å². The summed E-state index contributed by atoms with van der Waals surface area (Å²) in [4.78, 5) is 28.7. The molecule has 1 atom stereocenters. The molecule has 0 saturated heterocycles. The maximum atomic E-state index is 13.0. The van der Waals surface area contributed by atoms with Gasteiger partial charge in [0.2, 0.25) is 5.91 Å². The topological polar surface area (TPSA) is 37.4 Å². The van der Waals surface area contributed by atoms with Crippen LogP contribution in [0.15, 0.2) is 72.1 Å². The number of hydrogen-bond acceptors (Lipinski definition) is 3. The molecule has 1 amide bonds. The van der Waals surface area contributed by atoms with Crippen molar-refractivity contribution < 1.29 is 9.59 Å². The van der Waals surface area contributed by atoms with E-state index in [1.54, 1.807) is 23.5 Å². The van der Waals surface area contributed by atoms with E-state index in [1.165, 1.54) is 10.4 Å². The second-order valence-electron chi connectivity index (χ2n) is 6.74. The molecule has 1 aliphatic rings. The Labute approximate surface area is 163 Å². The van der Waals surface area contributed by atoms with Crippen molar-refractivity contribution in [1.29, 1.82) is 0 Å². The smallest absolute Gasteiger partial charge is 0.223 e. The van der Waals surface area contributed by atoms with Gasteiger partial charge in [-0.15, -0.1) is 11.3 Å². The second-order valence-corrected chi connectivity index (χ2v) is 7.74. The first-order valence-corrected chi connectivity index (χ1v) is 10.1. The lowest BCUT2D eigenvalue weighted by atomic mass is 9.92. The Morgan fingerprint density at radius 2 is 1.63 bits per heavy atom. The van der Waals surface area contributed by atoms with Crippen LogP contribution in [0.3, 0.4) is 0 Å². The average molecular weight is 375 g/mol. The summed E-state index contributed by atoms with van der Waals surface area (Å²) >= 11 is 1.76. The monoisotopic (exact) mass is 375 g/mol. The summed E-state index contributed by atoms with van der Waals surface area (Å²) in [6, 6.07) is 21.4. The fraction of sp³-hybridized carbons (Fsp3) is 0.217. The number of rotatable bonds is 5. The van der Waals surface area contributed by atoms with Gasteiger partial charge in [0.15, 0.2) is 5.78 Å². The van der Waals surface area contributed by atoms with Crippen molar-refractivity contribution in [3.8, 4) is 0 Å². The van der Waals surface area contributed by atoms with Gasteiger partial charge in [0, 0.05) is 29.8 Å². The maximum Gasteiger partial charge on any atom is 0.223 e. The van der Waals surface area contributed by atoms with Crippen molar-refractivity contribution in [2.45, 2.75) is 25.3 Å². The average Bonchev–Trinajstić information content (AvgIpc) is 3.21. The Morgan fingerprint density at radius 3 is 2.37 bits per heavy atom. The lowest BCUT2D eigenvalue weighted by molar-refractivity contribution is -0.133. The first-order valence-electron chi connectivity index (χ1n) is 9.23. The van der Waals surface area contributed by atoms with Gasteiger partial charge >= 0.3 is 0 Å². The molecule has 0 radical (unpaired) electrons. The summed E-state index contributed by atoms with van der Waals surface area (Å²) in [5, 5.41) is 2.10. The SMILES string of the molecule is O=C(CCC(=O)N1CCc2sccc2C1c1ccccc1)c1ccccc1. The molecule has 0 bridgehead atoms. The summed E-state index contributed by atoms with van der Waals surface area (Å²) in [7, 11) is 0. The minimum atomic E-state index is -0.0551. The minimum absolute atomic E-state index is 0.0217. The van der Waals surface area contributed by atoms with Crippen molar-refractivity contribution in [2.24, 2.45) is 0 Å². The zero-order valence-electron chi connectivity index (χ0n) is 15.0. The lowest BCUT2D eigenvalue weighted by Crippen LogP contribution is -2.40. The molecule has 4 rings (SSSR count). The summed E-state index contributed by atoms with van der Waals surface area (Å²) in [5.41, 5.74) is 3.02. The lowest BCUT2D eigenvalue weighted by Gasteiger charge is -2.36. The van der Waals surface area contributed by atoms with E-state index < -0.39 is 0 Å². The minimum Gasteiger partial charge on any atom is -0.331 e. The Morgan fingerprint density at radius 1 is 0.926 bits per heavy atom. The molecule has 0 aliphatic carbocycles. The number of benzene rings is 2. The Kier molecular flexibility index (Phi) is 5.16. The molecule has 0 spiro atoms. The molecule has 0 fully saturated rings. The first kappa shape index (κ1) is 17.7. The van der Waals surface area contributed by atoms with E-state index in [-0.39, 0.29) is 30.6 Å². The maximum absolute atomic E-state index is 13.0. The predicted molar refractivity (Wildman–Crippen MR) is 108 cm³/mol. The molecule has 2 heterocycles. The molecule has 2 aromatic carbocycles. The fourth-order valence-electron chi connectivity index (χ4n) is 3.71. The number of thiophene rings is 1. The first-order chi connectivity index (χ1) is 13.2. The van der Waals surface area contributed by atoms with Crippen LogP contribution in [0.1, 0.15) is 45.2 Å². The van der Waals surface area contributed by atoms with Crippen LogP contribution < -0.4 is 0 Å². The van der Waals surface area contributed by atoms with E-state index in [0.29, 0.717) is 12.1 Å². The molecule has 0 saturated carbocycles. The highest BCUT2D eigenvalue weighted by atomic mass is 32.1. The molecule has 1 aromatic heterocycles. The van der Waals surface area contributed by atoms with E-state index in [0.717, 1.165) is 12.0 Å². The summed E-state index contributed by atoms with van der Waals surface area (Å²) in [5.74, 6) is 0.0680. The highest BCUT2D eigenvalue weighted by molar-refractivity contribution is 7.10. The van der Waals surface area contributed by atoms with Crippen LogP contribution >= 0.6 is 11.3 Å². The number of nitrogens with zero attached hydrogens (tertiary/aromatic N) is 1. The van der Waals surface area contributed by atoms with Crippen LogP contribution in [0.2, 0.25) is 0 Å². The molecule has 136 valence electrons. The van der Waals surface area contributed by atoms with Crippen molar-refractivity contribution >= 4 is 23.0 Å². The van der Waals surface area contributed by atoms with E-state index >= 15 is 0 Å². The number of hydrogen-bond donors (Lipinski definition) is 0. The molecule has 27 heavy (non-hydrogen) atoms. The number of amides is 1. The van der Waals surface area contributed by atoms with Crippen molar-refractivity contribution in [1.82, 2.24) is 4.90 Å². The van der Waals surface area contributed by atoms with Gasteiger partial charge in [0.05, 0.1) is 6.04 Å². The van der Waals surface area contributed by atoms with Crippen LogP contribution in [-0.2, 0) is 11.2 Å². The van der Waals surface area contributed by atoms with Crippen molar-refractivity contribution in [3.05, 3.63) is 93.7 Å². The van der Waals surface area contributed by atoms with Gasteiger partial charge in [-0.1, -0.05) is 60.7 Å². The third-order valence-corrected chi connectivity index (χ3v) is 6.06. The van der Waals surface area contributed by atoms with Crippen LogP contribution in [0.4, 0.5) is 0 Å². The molecular formula is C23H21NO2S. The molecule has 0 N–H and O–H groups in total. The summed E-state index contributed by atoms with van der Waals surface area (Å²) in [6.45, 7) is 0.700. The standard InChI is InChI=1S/C23H21NO2S/c25-20(17-7-3-1-4-8-17)11-12-22(26)24-15-13-21-19(14-16-27-21)23(24)18-9-5-2-6-10-18/h1-10,14,16,23H,11-13,15H2. The molecule has 1 unspecified atom stereocenters. The van der Waals surface area contributed by atoms with Crippen molar-refractivity contribution in [3.63, 3.8) is 0 Å². The van der Waals surface area contributed by atoms with Crippen LogP contribution in [0, 0.1) is 0 Å². The zero-order chi connectivity index (χ0) is 18.6. The van der Waals surface area contributed by atoms with Gasteiger partial charge in [0.25, 0.3) is 0 Å². The Hall–Kier alpha value is -2.72.